The van der Waals surface area contributed by atoms with Gasteiger partial charge in [0.05, 0.1) is 29.5 Å². The van der Waals surface area contributed by atoms with Crippen LogP contribution in [-0.2, 0) is 10.9 Å². The van der Waals surface area contributed by atoms with Crippen LogP contribution in [0.1, 0.15) is 31.8 Å². The van der Waals surface area contributed by atoms with E-state index in [1.807, 2.05) is 0 Å². The first-order valence-electron chi connectivity index (χ1n) is 9.85. The summed E-state index contributed by atoms with van der Waals surface area (Å²) in [6, 6.07) is 13.0. The van der Waals surface area contributed by atoms with Crippen LogP contribution < -0.4 is 9.80 Å². The average molecular weight is 458 g/mol. The fraction of sp³-hybridized carbons (Fsp3) is 0.167. The molecule has 170 valence electrons. The number of nitrogens with zero attached hydrogens (tertiary/aromatic N) is 2. The molecule has 0 aliphatic carbocycles. The molecular formula is C24H18F4N2O3. The molecule has 3 aromatic carbocycles. The zero-order valence-electron chi connectivity index (χ0n) is 17.6. The van der Waals surface area contributed by atoms with Gasteiger partial charge in [-0.2, -0.15) is 13.2 Å². The van der Waals surface area contributed by atoms with Crippen LogP contribution in [0.3, 0.4) is 0 Å². The number of halogens is 4. The fourth-order valence-electron chi connectivity index (χ4n) is 3.78. The second kappa shape index (κ2) is 8.23. The Hall–Kier alpha value is -3.88. The zero-order chi connectivity index (χ0) is 23.9. The van der Waals surface area contributed by atoms with Crippen LogP contribution >= 0.6 is 0 Å². The molecule has 1 amide bonds. The molecule has 1 aliphatic heterocycles. The number of alkyl halides is 3. The van der Waals surface area contributed by atoms with Gasteiger partial charge in [0.2, 0.25) is 0 Å². The zero-order valence-corrected chi connectivity index (χ0v) is 17.6. The monoisotopic (exact) mass is 458 g/mol. The summed E-state index contributed by atoms with van der Waals surface area (Å²) in [6.45, 7) is 1.48. The minimum atomic E-state index is -4.60. The lowest BCUT2D eigenvalue weighted by Crippen LogP contribution is -2.45. The molecular weight excluding hydrogens is 440 g/mol. The van der Waals surface area contributed by atoms with Crippen molar-refractivity contribution in [2.24, 2.45) is 0 Å². The van der Waals surface area contributed by atoms with Crippen molar-refractivity contribution in [3.05, 3.63) is 88.7 Å². The second-order valence-corrected chi connectivity index (χ2v) is 7.51. The van der Waals surface area contributed by atoms with Gasteiger partial charge >= 0.3 is 12.1 Å². The Kier molecular flexibility index (Phi) is 5.57. The number of rotatable bonds is 3. The van der Waals surface area contributed by atoms with Crippen molar-refractivity contribution in [3.8, 4) is 0 Å². The number of fused-ring (bicyclic) bond motifs is 1. The largest absolute Gasteiger partial charge is 0.465 e. The summed E-state index contributed by atoms with van der Waals surface area (Å²) in [6.07, 6.45) is -4.60. The van der Waals surface area contributed by atoms with Gasteiger partial charge in [0.1, 0.15) is 12.5 Å². The van der Waals surface area contributed by atoms with Gasteiger partial charge in [-0.1, -0.05) is 6.07 Å². The number of amides is 1. The van der Waals surface area contributed by atoms with Crippen molar-refractivity contribution in [2.75, 3.05) is 23.6 Å². The molecule has 3 aromatic rings. The topological polar surface area (TPSA) is 49.9 Å². The molecule has 0 saturated heterocycles. The predicted octanol–water partition coefficient (Wildman–Crippen LogP) is 5.70. The van der Waals surface area contributed by atoms with Gasteiger partial charge in [0, 0.05) is 11.4 Å². The highest BCUT2D eigenvalue weighted by atomic mass is 19.4. The standard InChI is InChI=1S/C24H18F4N2O3/c1-14-10-17(25)7-9-20(14)30-13-29(18-5-3-4-15(11-18)23(32)33-2)22(31)19-8-6-16(12-21(19)30)24(26,27)28/h3-12H,13H2,1-2H3. The summed E-state index contributed by atoms with van der Waals surface area (Å²) in [5.74, 6) is -1.62. The second-order valence-electron chi connectivity index (χ2n) is 7.51. The first-order valence-corrected chi connectivity index (χ1v) is 9.85. The highest BCUT2D eigenvalue weighted by Crippen LogP contribution is 2.40. The van der Waals surface area contributed by atoms with Crippen molar-refractivity contribution in [1.82, 2.24) is 0 Å². The predicted molar refractivity (Wildman–Crippen MR) is 114 cm³/mol. The van der Waals surface area contributed by atoms with Gasteiger partial charge in [0.15, 0.2) is 0 Å². The van der Waals surface area contributed by atoms with Gasteiger partial charge in [-0.3, -0.25) is 9.69 Å². The van der Waals surface area contributed by atoms with E-state index >= 15 is 0 Å². The molecule has 1 heterocycles. The number of hydrogen-bond donors (Lipinski definition) is 0. The third-order valence-corrected chi connectivity index (χ3v) is 5.40. The Bertz CT molecular complexity index is 1260. The molecule has 0 radical (unpaired) electrons. The number of benzene rings is 3. The number of anilines is 3. The van der Waals surface area contributed by atoms with Crippen LogP contribution in [0.4, 0.5) is 34.6 Å². The van der Waals surface area contributed by atoms with Gasteiger partial charge < -0.3 is 9.64 Å². The third-order valence-electron chi connectivity index (χ3n) is 5.40. The number of ether oxygens (including phenoxy) is 1. The van der Waals surface area contributed by atoms with Crippen LogP contribution in [0.5, 0.6) is 0 Å². The van der Waals surface area contributed by atoms with E-state index in [1.165, 1.54) is 47.2 Å². The number of carbonyl (C=O) groups excluding carboxylic acids is 2. The molecule has 0 bridgehead atoms. The SMILES string of the molecule is COC(=O)c1cccc(N2CN(c3ccc(F)cc3C)c3cc(C(F)(F)F)ccc3C2=O)c1. The maximum absolute atomic E-state index is 13.7. The molecule has 9 heteroatoms. The van der Waals surface area contributed by atoms with E-state index in [9.17, 15) is 27.2 Å². The van der Waals surface area contributed by atoms with Gasteiger partial charge in [-0.15, -0.1) is 0 Å². The Balaban J connectivity index is 1.88. The Morgan fingerprint density at radius 1 is 0.970 bits per heavy atom. The first kappa shape index (κ1) is 22.3. The molecule has 0 aromatic heterocycles. The molecule has 33 heavy (non-hydrogen) atoms. The highest BCUT2D eigenvalue weighted by molar-refractivity contribution is 6.13. The van der Waals surface area contributed by atoms with Crippen LogP contribution in [0.25, 0.3) is 0 Å². The van der Waals surface area contributed by atoms with E-state index in [1.54, 1.807) is 19.1 Å². The maximum Gasteiger partial charge on any atom is 0.416 e. The van der Waals surface area contributed by atoms with E-state index in [0.717, 1.165) is 18.2 Å². The summed E-state index contributed by atoms with van der Waals surface area (Å²) >= 11 is 0. The number of esters is 1. The summed E-state index contributed by atoms with van der Waals surface area (Å²) in [7, 11) is 1.23. The van der Waals surface area contributed by atoms with E-state index in [2.05, 4.69) is 0 Å². The Morgan fingerprint density at radius 3 is 2.39 bits per heavy atom. The Labute approximate surface area is 186 Å². The minimum Gasteiger partial charge on any atom is -0.465 e. The normalized spacial score (nSPS) is 13.7. The summed E-state index contributed by atoms with van der Waals surface area (Å²) in [5.41, 5.74) is 0.699. The van der Waals surface area contributed by atoms with Gasteiger partial charge in [-0.25, -0.2) is 9.18 Å². The molecule has 0 fully saturated rings. The van der Waals surface area contributed by atoms with E-state index in [0.29, 0.717) is 16.9 Å². The maximum atomic E-state index is 13.7. The van der Waals surface area contributed by atoms with E-state index in [4.69, 9.17) is 4.74 Å². The van der Waals surface area contributed by atoms with Crippen molar-refractivity contribution in [1.29, 1.82) is 0 Å². The number of carbonyl (C=O) groups is 2. The summed E-state index contributed by atoms with van der Waals surface area (Å²) in [4.78, 5) is 28.1. The minimum absolute atomic E-state index is 0.0430. The molecule has 0 atom stereocenters. The summed E-state index contributed by atoms with van der Waals surface area (Å²) in [5, 5.41) is 0. The lowest BCUT2D eigenvalue weighted by Gasteiger charge is -2.39. The highest BCUT2D eigenvalue weighted by Gasteiger charge is 2.36. The van der Waals surface area contributed by atoms with Crippen LogP contribution in [0.15, 0.2) is 60.7 Å². The number of aryl methyl sites for hydroxylation is 1. The lowest BCUT2D eigenvalue weighted by molar-refractivity contribution is -0.137. The van der Waals surface area contributed by atoms with E-state index in [-0.39, 0.29) is 23.5 Å². The number of hydrogen-bond acceptors (Lipinski definition) is 4. The van der Waals surface area contributed by atoms with Crippen molar-refractivity contribution >= 4 is 28.9 Å². The molecule has 0 N–H and O–H groups in total. The third kappa shape index (κ3) is 4.13. The van der Waals surface area contributed by atoms with Crippen molar-refractivity contribution < 1.29 is 31.9 Å². The summed E-state index contributed by atoms with van der Waals surface area (Å²) < 4.78 is 58.7. The fourth-order valence-corrected chi connectivity index (χ4v) is 3.78. The molecule has 0 unspecified atom stereocenters. The molecule has 0 spiro atoms. The van der Waals surface area contributed by atoms with Crippen molar-refractivity contribution in [3.63, 3.8) is 0 Å². The molecule has 5 nitrogen and oxygen atoms in total. The van der Waals surface area contributed by atoms with Gasteiger partial charge in [0.25, 0.3) is 5.91 Å². The quantitative estimate of drug-likeness (QED) is 0.374. The van der Waals surface area contributed by atoms with Crippen LogP contribution in [0.2, 0.25) is 0 Å². The van der Waals surface area contributed by atoms with Crippen LogP contribution in [-0.4, -0.2) is 25.7 Å². The Morgan fingerprint density at radius 2 is 1.73 bits per heavy atom. The van der Waals surface area contributed by atoms with Gasteiger partial charge in [-0.05, 0) is 67.1 Å². The molecule has 0 saturated carbocycles. The van der Waals surface area contributed by atoms with Crippen LogP contribution in [0, 0.1) is 12.7 Å². The first-order chi connectivity index (χ1) is 15.6. The smallest absolute Gasteiger partial charge is 0.416 e. The molecule has 1 aliphatic rings. The average Bonchev–Trinajstić information content (AvgIpc) is 2.78. The number of methoxy groups -OCH3 is 1. The molecule has 4 rings (SSSR count). The van der Waals surface area contributed by atoms with Crippen molar-refractivity contribution in [2.45, 2.75) is 13.1 Å². The van der Waals surface area contributed by atoms with E-state index < -0.39 is 29.4 Å². The lowest BCUT2D eigenvalue weighted by atomic mass is 10.0.